The zero-order chi connectivity index (χ0) is 17.5. The van der Waals surface area contributed by atoms with Gasteiger partial charge in [0.15, 0.2) is 0 Å². The fourth-order valence-corrected chi connectivity index (χ4v) is 2.53. The molecule has 0 radical (unpaired) electrons. The molecular weight excluding hydrogens is 491 g/mol. The van der Waals surface area contributed by atoms with Gasteiger partial charge in [-0.15, -0.1) is 0 Å². The zero-order valence-corrected chi connectivity index (χ0v) is 15.9. The van der Waals surface area contributed by atoms with E-state index in [9.17, 15) is 14.9 Å². The Labute approximate surface area is 159 Å². The number of halogens is 2. The topological polar surface area (TPSA) is 96.6 Å². The summed E-state index contributed by atoms with van der Waals surface area (Å²) in [5, 5.41) is 17.5. The molecule has 0 aliphatic carbocycles. The molecule has 0 bridgehead atoms. The van der Waals surface area contributed by atoms with Gasteiger partial charge in [-0.25, -0.2) is 5.43 Å². The first-order valence-corrected chi connectivity index (χ1v) is 8.58. The summed E-state index contributed by atoms with van der Waals surface area (Å²) in [5.74, 6) is -0.303. The van der Waals surface area contributed by atoms with E-state index in [1.165, 1.54) is 18.3 Å². The second-order valence-corrected chi connectivity index (χ2v) is 6.72. The van der Waals surface area contributed by atoms with Gasteiger partial charge >= 0.3 is 0 Å². The van der Waals surface area contributed by atoms with Crippen LogP contribution in [0, 0.1) is 13.7 Å². The third-order valence-corrected chi connectivity index (χ3v) is 4.29. The van der Waals surface area contributed by atoms with Crippen LogP contribution in [0.3, 0.4) is 0 Å². The number of hydrazone groups is 1. The van der Waals surface area contributed by atoms with E-state index in [1.54, 1.807) is 6.07 Å². The SMILES string of the molecule is O=C(CNc1ccc(I)cc1)N/N=C\c1ccc([N+](=O)[O-])cc1Br. The first-order valence-electron chi connectivity index (χ1n) is 6.71. The first-order chi connectivity index (χ1) is 11.5. The number of carbonyl (C=O) groups is 1. The van der Waals surface area contributed by atoms with E-state index in [-0.39, 0.29) is 18.1 Å². The van der Waals surface area contributed by atoms with Gasteiger partial charge in [0, 0.05) is 31.4 Å². The summed E-state index contributed by atoms with van der Waals surface area (Å²) in [6, 6.07) is 11.9. The van der Waals surface area contributed by atoms with Crippen molar-refractivity contribution in [3.8, 4) is 0 Å². The monoisotopic (exact) mass is 502 g/mol. The number of nitrogens with zero attached hydrogens (tertiary/aromatic N) is 2. The number of nitro benzene ring substituents is 1. The fraction of sp³-hybridized carbons (Fsp3) is 0.0667. The Morgan fingerprint density at radius 1 is 1.29 bits per heavy atom. The number of non-ortho nitro benzene ring substituents is 1. The quantitative estimate of drug-likeness (QED) is 0.273. The molecule has 0 aliphatic rings. The standard InChI is InChI=1S/C15H12BrIN4O3/c16-14-7-13(21(23)24)6-1-10(14)8-19-20-15(22)9-18-12-4-2-11(17)3-5-12/h1-8,18H,9H2,(H,20,22)/b19-8-. The lowest BCUT2D eigenvalue weighted by Crippen LogP contribution is -2.25. The van der Waals surface area contributed by atoms with Gasteiger partial charge in [0.2, 0.25) is 0 Å². The highest BCUT2D eigenvalue weighted by atomic mass is 127. The average molecular weight is 503 g/mol. The third-order valence-electron chi connectivity index (χ3n) is 2.89. The van der Waals surface area contributed by atoms with Gasteiger partial charge in [0.05, 0.1) is 17.7 Å². The van der Waals surface area contributed by atoms with Crippen LogP contribution in [0.25, 0.3) is 0 Å². The van der Waals surface area contributed by atoms with Crippen molar-refractivity contribution in [2.24, 2.45) is 5.10 Å². The van der Waals surface area contributed by atoms with Gasteiger partial charge in [-0.1, -0.05) is 0 Å². The molecule has 2 N–H and O–H groups in total. The van der Waals surface area contributed by atoms with Crippen molar-refractivity contribution in [3.63, 3.8) is 0 Å². The van der Waals surface area contributed by atoms with Crippen molar-refractivity contribution >= 4 is 62.0 Å². The number of anilines is 1. The highest BCUT2D eigenvalue weighted by Gasteiger charge is 2.07. The maximum atomic E-state index is 11.7. The summed E-state index contributed by atoms with van der Waals surface area (Å²) in [6.45, 7) is 0.0827. The molecule has 0 fully saturated rings. The van der Waals surface area contributed by atoms with Gasteiger partial charge in [0.1, 0.15) is 0 Å². The summed E-state index contributed by atoms with van der Waals surface area (Å²) in [4.78, 5) is 21.9. The number of rotatable bonds is 6. The Hall–Kier alpha value is -2.01. The number of amides is 1. The molecule has 1 amide bonds. The van der Waals surface area contributed by atoms with Gasteiger partial charge in [0.25, 0.3) is 11.6 Å². The minimum absolute atomic E-state index is 0.0233. The van der Waals surface area contributed by atoms with Crippen molar-refractivity contribution in [2.45, 2.75) is 0 Å². The van der Waals surface area contributed by atoms with Crippen LogP contribution in [-0.4, -0.2) is 23.6 Å². The second kappa shape index (κ2) is 8.73. The largest absolute Gasteiger partial charge is 0.376 e. The van der Waals surface area contributed by atoms with Crippen LogP contribution in [-0.2, 0) is 4.79 Å². The third kappa shape index (κ3) is 5.57. The van der Waals surface area contributed by atoms with Crippen LogP contribution in [0.1, 0.15) is 5.56 Å². The molecule has 0 heterocycles. The minimum atomic E-state index is -0.482. The second-order valence-electron chi connectivity index (χ2n) is 4.62. The predicted octanol–water partition coefficient (Wildman–Crippen LogP) is 3.52. The lowest BCUT2D eigenvalue weighted by Gasteiger charge is -2.05. The molecule has 0 saturated heterocycles. The molecule has 2 rings (SSSR count). The molecule has 2 aromatic carbocycles. The smallest absolute Gasteiger partial charge is 0.270 e. The van der Waals surface area contributed by atoms with Crippen LogP contribution in [0.5, 0.6) is 0 Å². The Balaban J connectivity index is 1.86. The van der Waals surface area contributed by atoms with Crippen LogP contribution in [0.2, 0.25) is 0 Å². The summed E-state index contributed by atoms with van der Waals surface area (Å²) >= 11 is 5.43. The molecule has 0 spiro atoms. The van der Waals surface area contributed by atoms with Gasteiger partial charge in [-0.3, -0.25) is 14.9 Å². The van der Waals surface area contributed by atoms with Crippen molar-refractivity contribution < 1.29 is 9.72 Å². The molecule has 9 heteroatoms. The van der Waals surface area contributed by atoms with E-state index in [0.717, 1.165) is 9.26 Å². The van der Waals surface area contributed by atoms with E-state index in [0.29, 0.717) is 10.0 Å². The van der Waals surface area contributed by atoms with E-state index in [2.05, 4.69) is 54.4 Å². The van der Waals surface area contributed by atoms with Crippen LogP contribution in [0.4, 0.5) is 11.4 Å². The highest BCUT2D eigenvalue weighted by Crippen LogP contribution is 2.21. The molecule has 124 valence electrons. The van der Waals surface area contributed by atoms with E-state index >= 15 is 0 Å². The molecule has 7 nitrogen and oxygen atoms in total. The highest BCUT2D eigenvalue weighted by molar-refractivity contribution is 14.1. The number of nitrogens with one attached hydrogen (secondary N) is 2. The van der Waals surface area contributed by atoms with Crippen LogP contribution >= 0.6 is 38.5 Å². The predicted molar refractivity (Wildman–Crippen MR) is 104 cm³/mol. The van der Waals surface area contributed by atoms with Crippen molar-refractivity contribution in [1.82, 2.24) is 5.43 Å². The number of hydrogen-bond acceptors (Lipinski definition) is 5. The van der Waals surface area contributed by atoms with Gasteiger partial charge in [-0.2, -0.15) is 5.10 Å². The summed E-state index contributed by atoms with van der Waals surface area (Å²) in [6.07, 6.45) is 1.41. The number of nitro groups is 1. The Morgan fingerprint density at radius 2 is 2.00 bits per heavy atom. The fourth-order valence-electron chi connectivity index (χ4n) is 1.70. The molecule has 0 aromatic heterocycles. The molecule has 0 atom stereocenters. The van der Waals surface area contributed by atoms with E-state index < -0.39 is 4.92 Å². The maximum Gasteiger partial charge on any atom is 0.270 e. The lowest BCUT2D eigenvalue weighted by molar-refractivity contribution is -0.384. The molecule has 0 saturated carbocycles. The van der Waals surface area contributed by atoms with Crippen molar-refractivity contribution in [2.75, 3.05) is 11.9 Å². The molecule has 0 unspecified atom stereocenters. The first kappa shape index (κ1) is 18.3. The minimum Gasteiger partial charge on any atom is -0.376 e. The lowest BCUT2D eigenvalue weighted by atomic mass is 10.2. The Bertz CT molecular complexity index is 781. The summed E-state index contributed by atoms with van der Waals surface area (Å²) < 4.78 is 1.63. The van der Waals surface area contributed by atoms with E-state index in [4.69, 9.17) is 0 Å². The Morgan fingerprint density at radius 3 is 2.62 bits per heavy atom. The normalized spacial score (nSPS) is 10.6. The summed E-state index contributed by atoms with van der Waals surface area (Å²) in [7, 11) is 0. The van der Waals surface area contributed by atoms with Crippen LogP contribution < -0.4 is 10.7 Å². The average Bonchev–Trinajstić information content (AvgIpc) is 2.55. The number of hydrogen-bond donors (Lipinski definition) is 2. The summed E-state index contributed by atoms with van der Waals surface area (Å²) in [5.41, 5.74) is 3.82. The van der Waals surface area contributed by atoms with Crippen molar-refractivity contribution in [1.29, 1.82) is 0 Å². The van der Waals surface area contributed by atoms with Crippen molar-refractivity contribution in [3.05, 3.63) is 66.2 Å². The van der Waals surface area contributed by atoms with Gasteiger partial charge < -0.3 is 5.32 Å². The number of benzene rings is 2. The van der Waals surface area contributed by atoms with Crippen LogP contribution in [0.15, 0.2) is 52.0 Å². The zero-order valence-electron chi connectivity index (χ0n) is 12.2. The maximum absolute atomic E-state index is 11.7. The molecule has 24 heavy (non-hydrogen) atoms. The van der Waals surface area contributed by atoms with E-state index in [1.807, 2.05) is 24.3 Å². The number of carbonyl (C=O) groups excluding carboxylic acids is 1. The Kier molecular flexibility index (Phi) is 6.67. The molecule has 2 aromatic rings. The molecule has 0 aliphatic heterocycles. The van der Waals surface area contributed by atoms with Gasteiger partial charge in [-0.05, 0) is 68.9 Å². The molecular formula is C15H12BrIN4O3.